The van der Waals surface area contributed by atoms with Gasteiger partial charge in [-0.1, -0.05) is 19.1 Å². The molecule has 1 aliphatic heterocycles. The predicted octanol–water partition coefficient (Wildman–Crippen LogP) is 3.87. The molecule has 0 saturated heterocycles. The number of anilines is 2. The molecule has 1 amide bonds. The van der Waals surface area contributed by atoms with E-state index in [0.29, 0.717) is 28.8 Å². The molecule has 2 N–H and O–H groups in total. The zero-order valence-corrected chi connectivity index (χ0v) is 18.6. The van der Waals surface area contributed by atoms with Gasteiger partial charge in [-0.2, -0.15) is 9.78 Å². The number of fused-ring (bicyclic) bond motifs is 1. The molecule has 172 valence electrons. The maximum Gasteiger partial charge on any atom is 0.262 e. The van der Waals surface area contributed by atoms with Crippen molar-refractivity contribution in [3.63, 3.8) is 0 Å². The average molecular weight is 474 g/mol. The maximum atomic E-state index is 13.5. The summed E-state index contributed by atoms with van der Waals surface area (Å²) in [6.45, 7) is 3.42. The summed E-state index contributed by atoms with van der Waals surface area (Å²) in [6, 6.07) is 7.34. The minimum atomic E-state index is -4.18. The molecule has 1 aliphatic rings. The predicted molar refractivity (Wildman–Crippen MR) is 117 cm³/mol. The van der Waals surface area contributed by atoms with Crippen molar-refractivity contribution in [3.8, 4) is 11.1 Å². The van der Waals surface area contributed by atoms with Crippen molar-refractivity contribution in [1.82, 2.24) is 9.78 Å². The topological polar surface area (TPSA) is 110 Å². The van der Waals surface area contributed by atoms with E-state index < -0.39 is 21.7 Å². The van der Waals surface area contributed by atoms with E-state index in [-0.39, 0.29) is 41.1 Å². The van der Waals surface area contributed by atoms with Gasteiger partial charge in [0.1, 0.15) is 5.82 Å². The van der Waals surface area contributed by atoms with Crippen LogP contribution in [0.15, 0.2) is 41.3 Å². The molecular formula is C22H20F2N4O4S. The van der Waals surface area contributed by atoms with Gasteiger partial charge in [-0.3, -0.25) is 14.3 Å². The summed E-state index contributed by atoms with van der Waals surface area (Å²) >= 11 is 0. The molecule has 3 aromatic rings. The zero-order chi connectivity index (χ0) is 23.9. The van der Waals surface area contributed by atoms with Crippen molar-refractivity contribution in [2.45, 2.75) is 38.0 Å². The van der Waals surface area contributed by atoms with Gasteiger partial charge < -0.3 is 5.32 Å². The van der Waals surface area contributed by atoms with Gasteiger partial charge in [0.15, 0.2) is 11.6 Å². The van der Waals surface area contributed by atoms with Crippen LogP contribution in [0.25, 0.3) is 11.1 Å². The molecule has 4 rings (SSSR count). The van der Waals surface area contributed by atoms with Crippen molar-refractivity contribution in [1.29, 1.82) is 0 Å². The zero-order valence-electron chi connectivity index (χ0n) is 17.8. The van der Waals surface area contributed by atoms with E-state index in [2.05, 4.69) is 15.1 Å². The number of halogens is 2. The molecule has 2 aromatic carbocycles. The molecule has 0 fully saturated rings. The second-order valence-electron chi connectivity index (χ2n) is 7.59. The first-order chi connectivity index (χ1) is 15.6. The standard InChI is InChI=1S/C22H20F2N4O4S/c1-3-17-21(22-25-19(29)8-9-20(30)28(22)26-17)13-5-4-12(2)18(10-13)33(31,32)27-14-6-7-15(23)16(24)11-14/h4-7,10-11,27H,3,8-9H2,1-2H3,(H,25,29). The second kappa shape index (κ2) is 8.39. The van der Waals surface area contributed by atoms with E-state index in [0.717, 1.165) is 22.9 Å². The Bertz CT molecular complexity index is 1400. The van der Waals surface area contributed by atoms with Crippen LogP contribution in [0.4, 0.5) is 20.3 Å². The number of benzene rings is 2. The highest BCUT2D eigenvalue weighted by atomic mass is 32.2. The second-order valence-corrected chi connectivity index (χ2v) is 9.24. The average Bonchev–Trinajstić information content (AvgIpc) is 3.06. The number of amides is 1. The molecule has 33 heavy (non-hydrogen) atoms. The molecule has 11 heteroatoms. The van der Waals surface area contributed by atoms with Crippen LogP contribution >= 0.6 is 0 Å². The largest absolute Gasteiger partial charge is 0.310 e. The highest BCUT2D eigenvalue weighted by molar-refractivity contribution is 7.92. The number of rotatable bonds is 5. The minimum Gasteiger partial charge on any atom is -0.310 e. The third-order valence-electron chi connectivity index (χ3n) is 5.29. The van der Waals surface area contributed by atoms with Crippen LogP contribution in [0.2, 0.25) is 0 Å². The van der Waals surface area contributed by atoms with Crippen molar-refractivity contribution in [3.05, 3.63) is 59.3 Å². The van der Waals surface area contributed by atoms with Gasteiger partial charge in [-0.05, 0) is 42.7 Å². The summed E-state index contributed by atoms with van der Waals surface area (Å²) in [6.07, 6.45) is 0.463. The monoisotopic (exact) mass is 474 g/mol. The Morgan fingerprint density at radius 1 is 1.09 bits per heavy atom. The van der Waals surface area contributed by atoms with E-state index in [1.54, 1.807) is 19.1 Å². The number of hydrogen-bond donors (Lipinski definition) is 2. The van der Waals surface area contributed by atoms with Crippen molar-refractivity contribution in [2.75, 3.05) is 10.0 Å². The summed E-state index contributed by atoms with van der Waals surface area (Å²) in [7, 11) is -4.18. The highest BCUT2D eigenvalue weighted by Crippen LogP contribution is 2.36. The van der Waals surface area contributed by atoms with Crippen molar-refractivity contribution >= 4 is 33.3 Å². The number of aryl methyl sites for hydroxylation is 2. The van der Waals surface area contributed by atoms with Gasteiger partial charge in [-0.25, -0.2) is 17.2 Å². The Balaban J connectivity index is 1.82. The Hall–Kier alpha value is -3.60. The third-order valence-corrected chi connectivity index (χ3v) is 6.81. The number of carbonyl (C=O) groups excluding carboxylic acids is 2. The summed E-state index contributed by atoms with van der Waals surface area (Å²) < 4.78 is 56.3. The molecule has 0 radical (unpaired) electrons. The third kappa shape index (κ3) is 4.23. The summed E-state index contributed by atoms with van der Waals surface area (Å²) in [4.78, 5) is 24.5. The van der Waals surface area contributed by atoms with Gasteiger partial charge in [-0.15, -0.1) is 0 Å². The van der Waals surface area contributed by atoms with E-state index in [9.17, 15) is 26.8 Å². The number of sulfonamides is 1. The van der Waals surface area contributed by atoms with E-state index in [4.69, 9.17) is 0 Å². The van der Waals surface area contributed by atoms with Crippen LogP contribution in [0.5, 0.6) is 0 Å². The number of carbonyl (C=O) groups is 2. The molecule has 0 bridgehead atoms. The molecule has 0 saturated carbocycles. The lowest BCUT2D eigenvalue weighted by atomic mass is 10.0. The molecule has 8 nitrogen and oxygen atoms in total. The van der Waals surface area contributed by atoms with Crippen LogP contribution in [-0.4, -0.2) is 30.0 Å². The lowest BCUT2D eigenvalue weighted by molar-refractivity contribution is -0.116. The van der Waals surface area contributed by atoms with Gasteiger partial charge in [0.2, 0.25) is 11.8 Å². The van der Waals surface area contributed by atoms with Gasteiger partial charge in [0.05, 0.1) is 16.3 Å². The highest BCUT2D eigenvalue weighted by Gasteiger charge is 2.28. The Morgan fingerprint density at radius 3 is 2.55 bits per heavy atom. The number of nitrogens with zero attached hydrogens (tertiary/aromatic N) is 2. The summed E-state index contributed by atoms with van der Waals surface area (Å²) in [5.74, 6) is -2.77. The first kappa shape index (κ1) is 22.6. The first-order valence-electron chi connectivity index (χ1n) is 10.1. The number of nitrogens with one attached hydrogen (secondary N) is 2. The molecule has 0 spiro atoms. The SMILES string of the molecule is CCc1nn2c(c1-c1ccc(C)c(S(=O)(=O)Nc3ccc(F)c(F)c3)c1)NC(=O)CCC2=O. The Morgan fingerprint density at radius 2 is 1.85 bits per heavy atom. The Labute approximate surface area is 188 Å². The van der Waals surface area contributed by atoms with Gasteiger partial charge in [0, 0.05) is 24.5 Å². The fraction of sp³-hybridized carbons (Fsp3) is 0.227. The lowest BCUT2D eigenvalue weighted by Gasteiger charge is -2.13. The van der Waals surface area contributed by atoms with E-state index in [1.807, 2.05) is 6.92 Å². The first-order valence-corrected chi connectivity index (χ1v) is 11.6. The van der Waals surface area contributed by atoms with Crippen LogP contribution in [-0.2, 0) is 21.2 Å². The van der Waals surface area contributed by atoms with Crippen molar-refractivity contribution < 1.29 is 26.8 Å². The molecule has 0 unspecified atom stereocenters. The van der Waals surface area contributed by atoms with Crippen LogP contribution < -0.4 is 10.0 Å². The number of hydrogen-bond acceptors (Lipinski definition) is 5. The fourth-order valence-corrected chi connectivity index (χ4v) is 4.97. The van der Waals surface area contributed by atoms with Crippen LogP contribution in [0.1, 0.15) is 35.8 Å². The fourth-order valence-electron chi connectivity index (χ4n) is 3.65. The minimum absolute atomic E-state index is 0.00871. The normalized spacial score (nSPS) is 13.9. The molecule has 0 atom stereocenters. The Kier molecular flexibility index (Phi) is 5.75. The number of aromatic nitrogens is 2. The maximum absolute atomic E-state index is 13.5. The molecular weight excluding hydrogens is 454 g/mol. The van der Waals surface area contributed by atoms with Gasteiger partial charge >= 0.3 is 0 Å². The quantitative estimate of drug-likeness (QED) is 0.583. The summed E-state index contributed by atoms with van der Waals surface area (Å²) in [5, 5.41) is 7.03. The molecule has 1 aromatic heterocycles. The van der Waals surface area contributed by atoms with E-state index >= 15 is 0 Å². The lowest BCUT2D eigenvalue weighted by Crippen LogP contribution is -2.15. The van der Waals surface area contributed by atoms with Crippen LogP contribution in [0.3, 0.4) is 0 Å². The van der Waals surface area contributed by atoms with Crippen LogP contribution in [0, 0.1) is 18.6 Å². The smallest absolute Gasteiger partial charge is 0.262 e. The van der Waals surface area contributed by atoms with E-state index in [1.165, 1.54) is 6.07 Å². The van der Waals surface area contributed by atoms with Gasteiger partial charge in [0.25, 0.3) is 10.0 Å². The summed E-state index contributed by atoms with van der Waals surface area (Å²) in [5.41, 5.74) is 1.67. The molecule has 2 heterocycles. The molecule has 0 aliphatic carbocycles. The van der Waals surface area contributed by atoms with Crippen molar-refractivity contribution in [2.24, 2.45) is 0 Å².